The van der Waals surface area contributed by atoms with Gasteiger partial charge in [0.1, 0.15) is 0 Å². The molecule has 2 heterocycles. The van der Waals surface area contributed by atoms with Crippen molar-refractivity contribution in [3.05, 3.63) is 35.1 Å². The van der Waals surface area contributed by atoms with Gasteiger partial charge >= 0.3 is 0 Å². The maximum atomic E-state index is 4.49. The minimum absolute atomic E-state index is 0.803. The molecule has 16 heavy (non-hydrogen) atoms. The van der Waals surface area contributed by atoms with Crippen LogP contribution in [0.25, 0.3) is 0 Å². The Bertz CT molecular complexity index is 393. The lowest BCUT2D eigenvalue weighted by Crippen LogP contribution is -2.30. The van der Waals surface area contributed by atoms with Crippen LogP contribution in [-0.2, 0) is 0 Å². The Morgan fingerprint density at radius 1 is 1.44 bits per heavy atom. The zero-order valence-electron chi connectivity index (χ0n) is 9.58. The van der Waals surface area contributed by atoms with Crippen molar-refractivity contribution in [2.24, 2.45) is 10.9 Å². The SMILES string of the molecule is C1=CC2=C(C[C@@H]3CCCNC3)C=NC2=CC1. The molecular formula is C14H18N2. The van der Waals surface area contributed by atoms with Gasteiger partial charge in [-0.25, -0.2) is 0 Å². The number of piperidine rings is 1. The van der Waals surface area contributed by atoms with Gasteiger partial charge in [-0.2, -0.15) is 0 Å². The second kappa shape index (κ2) is 4.38. The zero-order valence-corrected chi connectivity index (χ0v) is 9.58. The summed E-state index contributed by atoms with van der Waals surface area (Å²) in [6, 6.07) is 0. The van der Waals surface area contributed by atoms with Crippen molar-refractivity contribution < 1.29 is 0 Å². The molecule has 0 saturated carbocycles. The molecular weight excluding hydrogens is 196 g/mol. The summed E-state index contributed by atoms with van der Waals surface area (Å²) < 4.78 is 0. The molecule has 1 saturated heterocycles. The highest BCUT2D eigenvalue weighted by atomic mass is 14.9. The van der Waals surface area contributed by atoms with E-state index >= 15 is 0 Å². The minimum atomic E-state index is 0.803. The van der Waals surface area contributed by atoms with E-state index in [4.69, 9.17) is 0 Å². The van der Waals surface area contributed by atoms with Crippen molar-refractivity contribution in [1.82, 2.24) is 5.32 Å². The molecule has 0 radical (unpaired) electrons. The van der Waals surface area contributed by atoms with Crippen LogP contribution in [0.15, 0.2) is 40.1 Å². The van der Waals surface area contributed by atoms with Crippen molar-refractivity contribution >= 4 is 6.21 Å². The van der Waals surface area contributed by atoms with Crippen LogP contribution in [0.3, 0.4) is 0 Å². The second-order valence-corrected chi connectivity index (χ2v) is 4.84. The first-order valence-corrected chi connectivity index (χ1v) is 6.28. The van der Waals surface area contributed by atoms with Gasteiger partial charge in [0, 0.05) is 11.8 Å². The maximum Gasteiger partial charge on any atom is 0.0668 e. The fourth-order valence-electron chi connectivity index (χ4n) is 2.74. The van der Waals surface area contributed by atoms with E-state index in [9.17, 15) is 0 Å². The average molecular weight is 214 g/mol. The van der Waals surface area contributed by atoms with Crippen LogP contribution < -0.4 is 5.32 Å². The van der Waals surface area contributed by atoms with E-state index in [2.05, 4.69) is 34.8 Å². The first kappa shape index (κ1) is 10.0. The molecule has 1 aliphatic carbocycles. The Morgan fingerprint density at radius 2 is 2.44 bits per heavy atom. The number of hydrogen-bond donors (Lipinski definition) is 1. The monoisotopic (exact) mass is 214 g/mol. The van der Waals surface area contributed by atoms with Crippen LogP contribution in [0, 0.1) is 5.92 Å². The molecule has 0 aromatic carbocycles. The number of nitrogens with zero attached hydrogens (tertiary/aromatic N) is 1. The van der Waals surface area contributed by atoms with Crippen molar-refractivity contribution in [2.45, 2.75) is 25.7 Å². The van der Waals surface area contributed by atoms with Gasteiger partial charge in [-0.1, -0.05) is 18.2 Å². The molecule has 2 nitrogen and oxygen atoms in total. The van der Waals surface area contributed by atoms with Gasteiger partial charge in [0.15, 0.2) is 0 Å². The van der Waals surface area contributed by atoms with Crippen molar-refractivity contribution in [3.63, 3.8) is 0 Å². The molecule has 1 atom stereocenters. The molecule has 0 unspecified atom stereocenters. The molecule has 0 aromatic rings. The number of allylic oxidation sites excluding steroid dienone is 4. The van der Waals surface area contributed by atoms with E-state index in [0.717, 1.165) is 12.3 Å². The predicted octanol–water partition coefficient (Wildman–Crippen LogP) is 2.60. The summed E-state index contributed by atoms with van der Waals surface area (Å²) in [7, 11) is 0. The molecule has 3 aliphatic rings. The highest BCUT2D eigenvalue weighted by Gasteiger charge is 2.20. The molecule has 84 valence electrons. The summed E-state index contributed by atoms with van der Waals surface area (Å²) in [5, 5.41) is 3.48. The van der Waals surface area contributed by atoms with Gasteiger partial charge in [-0.15, -0.1) is 0 Å². The smallest absolute Gasteiger partial charge is 0.0668 e. The van der Waals surface area contributed by atoms with Gasteiger partial charge in [0.05, 0.1) is 5.70 Å². The lowest BCUT2D eigenvalue weighted by Gasteiger charge is -2.23. The number of fused-ring (bicyclic) bond motifs is 1. The van der Waals surface area contributed by atoms with Crippen LogP contribution in [0.4, 0.5) is 0 Å². The average Bonchev–Trinajstić information content (AvgIpc) is 2.74. The van der Waals surface area contributed by atoms with E-state index in [1.807, 2.05) is 0 Å². The minimum Gasteiger partial charge on any atom is -0.316 e. The first-order valence-electron chi connectivity index (χ1n) is 6.28. The van der Waals surface area contributed by atoms with Gasteiger partial charge in [-0.05, 0) is 50.3 Å². The summed E-state index contributed by atoms with van der Waals surface area (Å²) >= 11 is 0. The van der Waals surface area contributed by atoms with Gasteiger partial charge < -0.3 is 5.32 Å². The fourth-order valence-corrected chi connectivity index (χ4v) is 2.74. The molecule has 0 amide bonds. The van der Waals surface area contributed by atoms with E-state index < -0.39 is 0 Å². The molecule has 1 fully saturated rings. The molecule has 2 aliphatic heterocycles. The normalized spacial score (nSPS) is 28.2. The molecule has 0 spiro atoms. The highest BCUT2D eigenvalue weighted by Crippen LogP contribution is 2.31. The molecule has 0 aromatic heterocycles. The molecule has 1 N–H and O–H groups in total. The summed E-state index contributed by atoms with van der Waals surface area (Å²) in [6.07, 6.45) is 13.7. The standard InChI is InChI=1S/C14H18N2/c1-2-6-14-13(5-1)12(10-16-14)8-11-4-3-7-15-9-11/h1,5-6,10-11,15H,2-4,7-9H2/t11-/m0/s1. The third kappa shape index (κ3) is 1.90. The van der Waals surface area contributed by atoms with Gasteiger partial charge in [0.2, 0.25) is 0 Å². The molecule has 0 bridgehead atoms. The largest absolute Gasteiger partial charge is 0.316 e. The quantitative estimate of drug-likeness (QED) is 0.750. The summed E-state index contributed by atoms with van der Waals surface area (Å²) in [4.78, 5) is 4.49. The van der Waals surface area contributed by atoms with Crippen LogP contribution in [0.2, 0.25) is 0 Å². The van der Waals surface area contributed by atoms with Gasteiger partial charge in [0.25, 0.3) is 0 Å². The topological polar surface area (TPSA) is 24.4 Å². The molecule has 2 heteroatoms. The Hall–Kier alpha value is -1.15. The highest BCUT2D eigenvalue weighted by molar-refractivity contribution is 5.87. The van der Waals surface area contributed by atoms with Crippen LogP contribution in [0.1, 0.15) is 25.7 Å². The summed E-state index contributed by atoms with van der Waals surface area (Å²) in [5.74, 6) is 0.803. The summed E-state index contributed by atoms with van der Waals surface area (Å²) in [5.41, 5.74) is 4.01. The van der Waals surface area contributed by atoms with Crippen LogP contribution in [-0.4, -0.2) is 19.3 Å². The lowest BCUT2D eigenvalue weighted by molar-refractivity contribution is 0.378. The van der Waals surface area contributed by atoms with E-state index in [1.165, 1.54) is 49.2 Å². The van der Waals surface area contributed by atoms with Crippen LogP contribution in [0.5, 0.6) is 0 Å². The van der Waals surface area contributed by atoms with Crippen molar-refractivity contribution in [1.29, 1.82) is 0 Å². The predicted molar refractivity (Wildman–Crippen MR) is 67.6 cm³/mol. The number of rotatable bonds is 2. The molecule has 3 rings (SSSR count). The Kier molecular flexibility index (Phi) is 2.75. The van der Waals surface area contributed by atoms with E-state index in [1.54, 1.807) is 0 Å². The Morgan fingerprint density at radius 3 is 3.31 bits per heavy atom. The summed E-state index contributed by atoms with van der Waals surface area (Å²) in [6.45, 7) is 2.37. The Balaban J connectivity index is 1.74. The number of aliphatic imine (C=N–C) groups is 1. The Labute approximate surface area is 96.8 Å². The zero-order chi connectivity index (χ0) is 10.8. The number of hydrogen-bond acceptors (Lipinski definition) is 2. The first-order chi connectivity index (χ1) is 7.93. The van der Waals surface area contributed by atoms with E-state index in [0.29, 0.717) is 0 Å². The van der Waals surface area contributed by atoms with E-state index in [-0.39, 0.29) is 0 Å². The maximum absolute atomic E-state index is 4.49. The second-order valence-electron chi connectivity index (χ2n) is 4.84. The van der Waals surface area contributed by atoms with Crippen molar-refractivity contribution in [3.8, 4) is 0 Å². The van der Waals surface area contributed by atoms with Crippen molar-refractivity contribution in [2.75, 3.05) is 13.1 Å². The fraction of sp³-hybridized carbons (Fsp3) is 0.500. The number of nitrogens with one attached hydrogen (secondary N) is 1. The van der Waals surface area contributed by atoms with Gasteiger partial charge in [-0.3, -0.25) is 4.99 Å². The lowest BCUT2D eigenvalue weighted by atomic mass is 9.90. The third-order valence-electron chi connectivity index (χ3n) is 3.62. The van der Waals surface area contributed by atoms with Crippen LogP contribution >= 0.6 is 0 Å². The third-order valence-corrected chi connectivity index (χ3v) is 3.62.